The van der Waals surface area contributed by atoms with E-state index >= 15 is 0 Å². The summed E-state index contributed by atoms with van der Waals surface area (Å²) in [6, 6.07) is 2.04. The zero-order valence-electron chi connectivity index (χ0n) is 11.6. The Morgan fingerprint density at radius 3 is 2.70 bits per heavy atom. The van der Waals surface area contributed by atoms with E-state index in [-0.39, 0.29) is 11.0 Å². The molecule has 2 rings (SSSR count). The van der Waals surface area contributed by atoms with Crippen LogP contribution in [-0.2, 0) is 16.3 Å². The maximum atomic E-state index is 11.3. The number of rotatable bonds is 5. The van der Waals surface area contributed by atoms with Gasteiger partial charge in [0, 0.05) is 24.7 Å². The molecule has 110 valence electrons. The molecule has 8 heteroatoms. The summed E-state index contributed by atoms with van der Waals surface area (Å²) >= 11 is 7.54. The second-order valence-electron chi connectivity index (χ2n) is 4.65. The second kappa shape index (κ2) is 5.83. The average Bonchev–Trinajstić information content (AvgIpc) is 2.76. The van der Waals surface area contributed by atoms with E-state index in [1.807, 2.05) is 18.0 Å². The molecular formula is C12H16ClN3O2S2. The van der Waals surface area contributed by atoms with Gasteiger partial charge in [-0.1, -0.05) is 6.92 Å². The summed E-state index contributed by atoms with van der Waals surface area (Å²) in [6.45, 7) is 2.45. The molecule has 0 amide bonds. The van der Waals surface area contributed by atoms with Crippen molar-refractivity contribution in [3.05, 3.63) is 16.2 Å². The number of aryl methyl sites for hydroxylation is 1. The Hall–Kier alpha value is -0.920. The molecule has 0 radical (unpaired) electrons. The molecule has 0 aliphatic heterocycles. The molecule has 0 fully saturated rings. The number of hydrogen-bond acceptors (Lipinski definition) is 6. The maximum Gasteiger partial charge on any atom is 0.225 e. The van der Waals surface area contributed by atoms with Gasteiger partial charge in [-0.15, -0.1) is 11.3 Å². The molecule has 2 aromatic heterocycles. The predicted octanol–water partition coefficient (Wildman–Crippen LogP) is 2.39. The Bertz CT molecular complexity index is 728. The highest BCUT2D eigenvalue weighted by Crippen LogP contribution is 2.31. The van der Waals surface area contributed by atoms with Crippen molar-refractivity contribution in [1.29, 1.82) is 0 Å². The molecule has 0 saturated carbocycles. The van der Waals surface area contributed by atoms with Crippen LogP contribution in [0.1, 0.15) is 11.8 Å². The molecule has 2 heterocycles. The van der Waals surface area contributed by atoms with Crippen LogP contribution >= 0.6 is 22.9 Å². The van der Waals surface area contributed by atoms with Crippen molar-refractivity contribution in [3.8, 4) is 0 Å². The van der Waals surface area contributed by atoms with Gasteiger partial charge < -0.3 is 4.90 Å². The third-order valence-corrected chi connectivity index (χ3v) is 5.17. The lowest BCUT2D eigenvalue weighted by Gasteiger charge is -2.18. The molecule has 0 N–H and O–H groups in total. The predicted molar refractivity (Wildman–Crippen MR) is 84.8 cm³/mol. The molecule has 0 spiro atoms. The molecule has 0 atom stereocenters. The van der Waals surface area contributed by atoms with Crippen molar-refractivity contribution in [3.63, 3.8) is 0 Å². The van der Waals surface area contributed by atoms with Crippen molar-refractivity contribution >= 4 is 48.8 Å². The Morgan fingerprint density at radius 1 is 1.40 bits per heavy atom. The Balaban J connectivity index is 2.39. The quantitative estimate of drug-likeness (QED) is 0.786. The van der Waals surface area contributed by atoms with E-state index in [0.29, 0.717) is 12.4 Å². The van der Waals surface area contributed by atoms with Gasteiger partial charge in [0.1, 0.15) is 20.5 Å². The number of thiophene rings is 1. The summed E-state index contributed by atoms with van der Waals surface area (Å²) < 4.78 is 22.5. The van der Waals surface area contributed by atoms with Gasteiger partial charge in [-0.05, 0) is 24.1 Å². The van der Waals surface area contributed by atoms with Gasteiger partial charge in [-0.2, -0.15) is 4.98 Å². The molecule has 5 nitrogen and oxygen atoms in total. The molecule has 0 aliphatic rings. The van der Waals surface area contributed by atoms with Crippen LogP contribution in [0, 0.1) is 0 Å². The number of halogens is 1. The van der Waals surface area contributed by atoms with Crippen LogP contribution in [-0.4, -0.2) is 44.0 Å². The van der Waals surface area contributed by atoms with E-state index in [2.05, 4.69) is 16.9 Å². The lowest BCUT2D eigenvalue weighted by Crippen LogP contribution is -2.25. The first kappa shape index (κ1) is 15.5. The largest absolute Gasteiger partial charge is 0.358 e. The van der Waals surface area contributed by atoms with E-state index in [1.165, 1.54) is 11.1 Å². The SMILES string of the molecule is CCc1cc2c(N(C)CCS(C)(=O)=O)nc(Cl)nc2s1. The fraction of sp³-hybridized carbons (Fsp3) is 0.500. The van der Waals surface area contributed by atoms with E-state index in [1.54, 1.807) is 11.3 Å². The van der Waals surface area contributed by atoms with Crippen molar-refractivity contribution < 1.29 is 8.42 Å². The van der Waals surface area contributed by atoms with E-state index in [0.717, 1.165) is 16.6 Å². The third-order valence-electron chi connectivity index (χ3n) is 2.90. The number of sulfone groups is 1. The maximum absolute atomic E-state index is 11.3. The normalized spacial score (nSPS) is 12.0. The van der Waals surface area contributed by atoms with Crippen LogP contribution in [0.5, 0.6) is 0 Å². The average molecular weight is 334 g/mol. The molecule has 0 aromatic carbocycles. The Morgan fingerprint density at radius 2 is 2.10 bits per heavy atom. The number of aromatic nitrogens is 2. The first-order chi connectivity index (χ1) is 9.30. The second-order valence-corrected chi connectivity index (χ2v) is 8.37. The minimum absolute atomic E-state index is 0.0807. The molecule has 20 heavy (non-hydrogen) atoms. The van der Waals surface area contributed by atoms with Crippen LogP contribution in [0.3, 0.4) is 0 Å². The molecule has 2 aromatic rings. The topological polar surface area (TPSA) is 63.2 Å². The highest BCUT2D eigenvalue weighted by atomic mass is 35.5. The van der Waals surface area contributed by atoms with Crippen LogP contribution in [0.25, 0.3) is 10.2 Å². The molecule has 0 bridgehead atoms. The summed E-state index contributed by atoms with van der Waals surface area (Å²) in [5.74, 6) is 0.761. The van der Waals surface area contributed by atoms with Gasteiger partial charge in [0.05, 0.1) is 11.1 Å². The van der Waals surface area contributed by atoms with Gasteiger partial charge >= 0.3 is 0 Å². The van der Waals surface area contributed by atoms with Crippen LogP contribution in [0.15, 0.2) is 6.07 Å². The summed E-state index contributed by atoms with van der Waals surface area (Å²) in [7, 11) is -1.19. The van der Waals surface area contributed by atoms with Gasteiger partial charge in [0.15, 0.2) is 0 Å². The van der Waals surface area contributed by atoms with Gasteiger partial charge in [-0.3, -0.25) is 0 Å². The standard InChI is InChI=1S/C12H16ClN3O2S2/c1-4-8-7-9-10(14-12(13)15-11(9)19-8)16(2)5-6-20(3,17)18/h7H,4-6H2,1-3H3. The van der Waals surface area contributed by atoms with Gasteiger partial charge in [0.2, 0.25) is 5.28 Å². The van der Waals surface area contributed by atoms with Crippen molar-refractivity contribution in [2.24, 2.45) is 0 Å². The van der Waals surface area contributed by atoms with Crippen molar-refractivity contribution in [1.82, 2.24) is 9.97 Å². The van der Waals surface area contributed by atoms with Crippen molar-refractivity contribution in [2.75, 3.05) is 30.5 Å². The summed E-state index contributed by atoms with van der Waals surface area (Å²) in [5, 5.41) is 1.11. The van der Waals surface area contributed by atoms with Crippen LogP contribution < -0.4 is 4.90 Å². The van der Waals surface area contributed by atoms with Crippen LogP contribution in [0.4, 0.5) is 5.82 Å². The molecule has 0 saturated heterocycles. The minimum Gasteiger partial charge on any atom is -0.358 e. The Labute approximate surface area is 127 Å². The molecule has 0 aliphatic carbocycles. The summed E-state index contributed by atoms with van der Waals surface area (Å²) in [6.07, 6.45) is 2.15. The first-order valence-electron chi connectivity index (χ1n) is 6.15. The van der Waals surface area contributed by atoms with E-state index in [9.17, 15) is 8.42 Å². The van der Waals surface area contributed by atoms with Gasteiger partial charge in [0.25, 0.3) is 0 Å². The number of fused-ring (bicyclic) bond motifs is 1. The fourth-order valence-corrected chi connectivity index (χ4v) is 3.59. The lowest BCUT2D eigenvalue weighted by atomic mass is 10.3. The zero-order chi connectivity index (χ0) is 14.9. The van der Waals surface area contributed by atoms with Crippen molar-refractivity contribution in [2.45, 2.75) is 13.3 Å². The smallest absolute Gasteiger partial charge is 0.225 e. The van der Waals surface area contributed by atoms with Crippen LogP contribution in [0.2, 0.25) is 5.28 Å². The zero-order valence-corrected chi connectivity index (χ0v) is 13.9. The fourth-order valence-electron chi connectivity index (χ4n) is 1.80. The Kier molecular flexibility index (Phi) is 4.51. The highest BCUT2D eigenvalue weighted by Gasteiger charge is 2.15. The molecule has 0 unspecified atom stereocenters. The van der Waals surface area contributed by atoms with E-state index < -0.39 is 9.84 Å². The highest BCUT2D eigenvalue weighted by molar-refractivity contribution is 7.90. The van der Waals surface area contributed by atoms with E-state index in [4.69, 9.17) is 11.6 Å². The first-order valence-corrected chi connectivity index (χ1v) is 9.40. The summed E-state index contributed by atoms with van der Waals surface area (Å²) in [4.78, 5) is 12.3. The lowest BCUT2D eigenvalue weighted by molar-refractivity contribution is 0.601. The third kappa shape index (κ3) is 3.59. The van der Waals surface area contributed by atoms with Gasteiger partial charge in [-0.25, -0.2) is 13.4 Å². The summed E-state index contributed by atoms with van der Waals surface area (Å²) in [5.41, 5.74) is 0. The monoisotopic (exact) mass is 333 g/mol. The number of nitrogens with zero attached hydrogens (tertiary/aromatic N) is 3. The molecular weight excluding hydrogens is 318 g/mol. The number of hydrogen-bond donors (Lipinski definition) is 0. The minimum atomic E-state index is -3.01. The number of anilines is 1.